The second-order valence-electron chi connectivity index (χ2n) is 5.67. The minimum absolute atomic E-state index is 0.170. The van der Waals surface area contributed by atoms with Gasteiger partial charge in [0.15, 0.2) is 0 Å². The van der Waals surface area contributed by atoms with Crippen molar-refractivity contribution in [1.29, 1.82) is 0 Å². The number of carboxylic acid groups (broad SMARTS) is 2. The summed E-state index contributed by atoms with van der Waals surface area (Å²) >= 11 is 0.866. The zero-order valence-electron chi connectivity index (χ0n) is 13.7. The molecule has 0 aliphatic heterocycles. The number of para-hydroxylation sites is 1. The number of H-pyrrole nitrogens is 1. The number of hydrogen-bond donors (Lipinski definition) is 1. The molecule has 0 aliphatic carbocycles. The number of carbonyl (C=O) groups excluding carboxylic acids is 2. The Kier molecular flexibility index (Phi) is 5.36. The van der Waals surface area contributed by atoms with E-state index in [9.17, 15) is 19.8 Å². The second kappa shape index (κ2) is 7.69. The van der Waals surface area contributed by atoms with Crippen LogP contribution in [0, 0.1) is 0 Å². The zero-order chi connectivity index (χ0) is 18.7. The summed E-state index contributed by atoms with van der Waals surface area (Å²) < 4.78 is 1.50. The second-order valence-corrected chi connectivity index (χ2v) is 7.84. The first kappa shape index (κ1) is 18.1. The van der Waals surface area contributed by atoms with Crippen LogP contribution in [0.4, 0.5) is 0 Å². The van der Waals surface area contributed by atoms with Crippen LogP contribution in [0.25, 0.3) is 21.8 Å². The Bertz CT molecular complexity index is 1090. The normalized spacial score (nSPS) is 10.4. The molecule has 0 radical (unpaired) electrons. The summed E-state index contributed by atoms with van der Waals surface area (Å²) in [5, 5.41) is 23.3. The summed E-state index contributed by atoms with van der Waals surface area (Å²) in [5.74, 6) is -2.81. The molecule has 26 heavy (non-hydrogen) atoms. The zero-order valence-corrected chi connectivity index (χ0v) is 17.7. The van der Waals surface area contributed by atoms with E-state index in [0.717, 1.165) is 31.8 Å². The van der Waals surface area contributed by atoms with Crippen molar-refractivity contribution >= 4 is 36.9 Å². The fourth-order valence-electron chi connectivity index (χ4n) is 2.75. The average molecular weight is 443 g/mol. The standard InChI is InChI=1S/C12H8N.C8H6O4.Cd/c1-3-7-11-9(5-1)10-6-2-4-8-12(10)13-11;9-7(10)5-2-1-3-6(4-5)8(11)12;/h1-5,7-8,13H;1-4H,(H,9,10)(H,11,12);/q;;+2/p-2. The maximum atomic E-state index is 10.3. The maximum absolute atomic E-state index is 10.3. The summed E-state index contributed by atoms with van der Waals surface area (Å²) in [6.45, 7) is 0. The molecule has 0 atom stereocenters. The van der Waals surface area contributed by atoms with Gasteiger partial charge in [0.05, 0.1) is 11.9 Å². The van der Waals surface area contributed by atoms with Crippen LogP contribution in [0.3, 0.4) is 0 Å². The molecule has 0 saturated carbocycles. The van der Waals surface area contributed by atoms with Crippen LogP contribution in [-0.4, -0.2) is 16.9 Å². The number of rotatable bonds is 2. The third kappa shape index (κ3) is 3.77. The Morgan fingerprint density at radius 2 is 1.35 bits per heavy atom. The Hall–Kier alpha value is -2.68. The SMILES string of the molecule is O=C([O-])c1cccc(C(=O)[O-])c1.[Cd+2][c]1cccc2[nH]c3ccccc3c12. The Morgan fingerprint density at radius 3 is 2.00 bits per heavy atom. The van der Waals surface area contributed by atoms with E-state index >= 15 is 0 Å². The number of benzene rings is 3. The Morgan fingerprint density at radius 1 is 0.769 bits per heavy atom. The van der Waals surface area contributed by atoms with Gasteiger partial charge in [0.25, 0.3) is 0 Å². The van der Waals surface area contributed by atoms with Gasteiger partial charge >= 0.3 is 98.1 Å². The van der Waals surface area contributed by atoms with E-state index in [0.29, 0.717) is 0 Å². The van der Waals surface area contributed by atoms with Crippen molar-refractivity contribution in [3.8, 4) is 0 Å². The molecule has 0 bridgehead atoms. The topological polar surface area (TPSA) is 96.0 Å². The number of aromatic carboxylic acids is 2. The summed E-state index contributed by atoms with van der Waals surface area (Å²) in [6, 6.07) is 19.8. The van der Waals surface area contributed by atoms with Crippen molar-refractivity contribution in [2.24, 2.45) is 0 Å². The van der Waals surface area contributed by atoms with Crippen molar-refractivity contribution in [3.05, 3.63) is 77.9 Å². The molecule has 3 aromatic carbocycles. The molecule has 0 spiro atoms. The van der Waals surface area contributed by atoms with Crippen molar-refractivity contribution in [1.82, 2.24) is 4.98 Å². The first-order valence-electron chi connectivity index (χ1n) is 7.81. The molecule has 1 heterocycles. The van der Waals surface area contributed by atoms with Crippen LogP contribution < -0.4 is 13.3 Å². The molecule has 0 saturated heterocycles. The number of aromatic amines is 1. The van der Waals surface area contributed by atoms with Gasteiger partial charge in [-0.15, -0.1) is 0 Å². The fourth-order valence-corrected chi connectivity index (χ4v) is 4.23. The molecule has 0 fully saturated rings. The first-order chi connectivity index (χ1) is 12.5. The molecule has 0 amide bonds. The number of hydrogen-bond acceptors (Lipinski definition) is 4. The molecule has 5 nitrogen and oxygen atoms in total. The first-order valence-corrected chi connectivity index (χ1v) is 9.83. The molecule has 4 rings (SSSR count). The van der Waals surface area contributed by atoms with Gasteiger partial charge < -0.3 is 19.8 Å². The number of carbonyl (C=O) groups is 2. The molecule has 4 aromatic rings. The van der Waals surface area contributed by atoms with Crippen molar-refractivity contribution < 1.29 is 45.6 Å². The predicted octanol–water partition coefficient (Wildman–Crippen LogP) is 0.907. The molecule has 0 unspecified atom stereocenters. The van der Waals surface area contributed by atoms with Crippen LogP contribution in [0.15, 0.2) is 66.7 Å². The van der Waals surface area contributed by atoms with Crippen molar-refractivity contribution in [2.75, 3.05) is 0 Å². The predicted molar refractivity (Wildman–Crippen MR) is 90.5 cm³/mol. The van der Waals surface area contributed by atoms with E-state index in [-0.39, 0.29) is 11.1 Å². The quantitative estimate of drug-likeness (QED) is 0.467. The number of carboxylic acids is 2. The molecule has 1 aromatic heterocycles. The Labute approximate surface area is 165 Å². The van der Waals surface area contributed by atoms with Crippen molar-refractivity contribution in [2.45, 2.75) is 0 Å². The van der Waals surface area contributed by atoms with E-state index < -0.39 is 11.9 Å². The van der Waals surface area contributed by atoms with Crippen molar-refractivity contribution in [3.63, 3.8) is 0 Å². The van der Waals surface area contributed by atoms with E-state index in [1.165, 1.54) is 43.1 Å². The molecule has 123 valence electrons. The fraction of sp³-hybridized carbons (Fsp3) is 0. The van der Waals surface area contributed by atoms with Crippen LogP contribution in [0.5, 0.6) is 0 Å². The molecule has 1 N–H and O–H groups in total. The number of nitrogens with one attached hydrogen (secondary N) is 1. The van der Waals surface area contributed by atoms with Gasteiger partial charge in [0, 0.05) is 0 Å². The average Bonchev–Trinajstić information content (AvgIpc) is 3.02. The summed E-state index contributed by atoms with van der Waals surface area (Å²) in [6.07, 6.45) is 0. The number of aromatic nitrogens is 1. The van der Waals surface area contributed by atoms with Gasteiger partial charge in [-0.1, -0.05) is 18.2 Å². The van der Waals surface area contributed by atoms with Crippen LogP contribution in [0.1, 0.15) is 20.7 Å². The van der Waals surface area contributed by atoms with Crippen LogP contribution in [-0.2, 0) is 25.8 Å². The van der Waals surface area contributed by atoms with Gasteiger partial charge in [-0.2, -0.15) is 0 Å². The van der Waals surface area contributed by atoms with Gasteiger partial charge in [-0.25, -0.2) is 0 Å². The summed E-state index contributed by atoms with van der Waals surface area (Å²) in [5.41, 5.74) is 2.18. The number of fused-ring (bicyclic) bond motifs is 3. The van der Waals surface area contributed by atoms with Crippen LogP contribution >= 0.6 is 0 Å². The van der Waals surface area contributed by atoms with Gasteiger partial charge in [-0.3, -0.25) is 0 Å². The van der Waals surface area contributed by atoms with Gasteiger partial charge in [-0.05, 0) is 17.2 Å². The van der Waals surface area contributed by atoms with E-state index in [2.05, 4.69) is 47.4 Å². The molecule has 6 heteroatoms. The van der Waals surface area contributed by atoms with Crippen LogP contribution in [0.2, 0.25) is 0 Å². The van der Waals surface area contributed by atoms with Gasteiger partial charge in [0.1, 0.15) is 0 Å². The van der Waals surface area contributed by atoms with Gasteiger partial charge in [0.2, 0.25) is 0 Å². The monoisotopic (exact) mass is 444 g/mol. The minimum atomic E-state index is -1.40. The van der Waals surface area contributed by atoms with E-state index in [1.54, 1.807) is 0 Å². The molecule has 0 aliphatic rings. The third-order valence-corrected chi connectivity index (χ3v) is 5.63. The van der Waals surface area contributed by atoms with E-state index in [1.807, 2.05) is 0 Å². The third-order valence-electron chi connectivity index (χ3n) is 3.95. The molecular weight excluding hydrogens is 431 g/mol. The Balaban J connectivity index is 0.000000153. The summed E-state index contributed by atoms with van der Waals surface area (Å²) in [4.78, 5) is 23.9. The molecular formula is C20H12CdNO4. The van der Waals surface area contributed by atoms with E-state index in [4.69, 9.17) is 0 Å². The summed E-state index contributed by atoms with van der Waals surface area (Å²) in [7, 11) is 0.